The first-order chi connectivity index (χ1) is 16.5. The fourth-order valence-electron chi connectivity index (χ4n) is 5.73. The lowest BCUT2D eigenvalue weighted by atomic mass is 9.64. The van der Waals surface area contributed by atoms with Crippen molar-refractivity contribution in [2.24, 2.45) is 0 Å². The van der Waals surface area contributed by atoms with Gasteiger partial charge in [-0.05, 0) is 39.3 Å². The van der Waals surface area contributed by atoms with E-state index in [1.807, 2.05) is 36.4 Å². The number of ether oxygens (including phenoxy) is 3. The van der Waals surface area contributed by atoms with E-state index in [-0.39, 0.29) is 13.2 Å². The molecule has 2 aromatic rings. The molecule has 0 aromatic heterocycles. The number of likely N-dealkylation sites (N-methyl/N-ethyl adjacent to an activating group) is 1. The molecule has 0 saturated carbocycles. The van der Waals surface area contributed by atoms with Crippen molar-refractivity contribution < 1.29 is 28.9 Å². The third-order valence-electron chi connectivity index (χ3n) is 7.13. The van der Waals surface area contributed by atoms with Gasteiger partial charge >= 0.3 is 0 Å². The topological polar surface area (TPSA) is 88.5 Å². The number of amides is 2. The quantitative estimate of drug-likeness (QED) is 0.640. The van der Waals surface area contributed by atoms with Crippen molar-refractivity contribution in [3.8, 4) is 0 Å². The van der Waals surface area contributed by atoms with Crippen LogP contribution in [0, 0.1) is 0 Å². The van der Waals surface area contributed by atoms with Gasteiger partial charge in [0.1, 0.15) is 12.1 Å². The summed E-state index contributed by atoms with van der Waals surface area (Å²) in [6.45, 7) is 7.59. The van der Waals surface area contributed by atoms with E-state index in [1.54, 1.807) is 57.8 Å². The summed E-state index contributed by atoms with van der Waals surface area (Å²) >= 11 is 0. The van der Waals surface area contributed by atoms with Crippen LogP contribution in [0.1, 0.15) is 38.8 Å². The van der Waals surface area contributed by atoms with Gasteiger partial charge in [0.2, 0.25) is 11.2 Å². The summed E-state index contributed by atoms with van der Waals surface area (Å²) < 4.78 is 18.3. The maximum absolute atomic E-state index is 14.0. The Morgan fingerprint density at radius 3 is 2.34 bits per heavy atom. The molecule has 5 rings (SSSR count). The zero-order valence-corrected chi connectivity index (χ0v) is 20.7. The number of fused-ring (bicyclic) bond motifs is 1. The molecule has 2 amide bonds. The number of likely N-dealkylation sites (tertiary alicyclic amines) is 1. The number of hydrogen-bond acceptors (Lipinski definition) is 6. The minimum Gasteiger partial charge on any atom is -0.375 e. The second kappa shape index (κ2) is 8.13. The van der Waals surface area contributed by atoms with Crippen molar-refractivity contribution in [2.75, 3.05) is 18.6 Å². The molecule has 3 aliphatic rings. The molecule has 0 unspecified atom stereocenters. The molecule has 0 radical (unpaired) electrons. The standard InChI is InChI=1S/C27H32N2O6/c1-17(2)34-27(19-13-9-10-14-20(19)28(5)24(27)31)26(32)22(21-16-33-25(3,4)35-21)29(23(26)30)15-18-11-7-6-8-12-18/h6-14,17,21-22,32H,15-16H2,1-5H3/t21-,22+,26-,27+/m1/s1. The molecule has 35 heavy (non-hydrogen) atoms. The number of carbonyl (C=O) groups excluding carboxylic acids is 2. The first kappa shape index (κ1) is 23.9. The summed E-state index contributed by atoms with van der Waals surface area (Å²) in [5.74, 6) is -1.94. The molecule has 3 heterocycles. The van der Waals surface area contributed by atoms with Gasteiger partial charge in [0.15, 0.2) is 5.79 Å². The molecule has 0 spiro atoms. The first-order valence-corrected chi connectivity index (χ1v) is 12.0. The second-order valence-electron chi connectivity index (χ2n) is 10.2. The second-order valence-corrected chi connectivity index (χ2v) is 10.2. The van der Waals surface area contributed by atoms with E-state index >= 15 is 0 Å². The van der Waals surface area contributed by atoms with Crippen LogP contribution in [0.5, 0.6) is 0 Å². The molecule has 8 heteroatoms. The third kappa shape index (κ3) is 3.35. The van der Waals surface area contributed by atoms with Crippen LogP contribution in [0.3, 0.4) is 0 Å². The van der Waals surface area contributed by atoms with Gasteiger partial charge in [-0.15, -0.1) is 0 Å². The molecule has 2 saturated heterocycles. The highest BCUT2D eigenvalue weighted by molar-refractivity contribution is 6.13. The predicted octanol–water partition coefficient (Wildman–Crippen LogP) is 2.58. The van der Waals surface area contributed by atoms with Crippen molar-refractivity contribution in [2.45, 2.75) is 69.5 Å². The van der Waals surface area contributed by atoms with Gasteiger partial charge in [-0.1, -0.05) is 48.5 Å². The van der Waals surface area contributed by atoms with Crippen LogP contribution in [0.2, 0.25) is 0 Å². The number of carbonyl (C=O) groups is 2. The minimum atomic E-state index is -2.20. The van der Waals surface area contributed by atoms with Gasteiger partial charge in [0.05, 0.1) is 18.4 Å². The molecule has 8 nitrogen and oxygen atoms in total. The van der Waals surface area contributed by atoms with Crippen molar-refractivity contribution in [3.05, 3.63) is 65.7 Å². The Hall–Kier alpha value is -2.78. The van der Waals surface area contributed by atoms with E-state index in [0.29, 0.717) is 11.3 Å². The molecular formula is C27H32N2O6. The average molecular weight is 481 g/mol. The Balaban J connectivity index is 1.66. The van der Waals surface area contributed by atoms with Gasteiger partial charge in [-0.25, -0.2) is 0 Å². The van der Waals surface area contributed by atoms with Crippen molar-refractivity contribution in [3.63, 3.8) is 0 Å². The number of para-hydroxylation sites is 1. The smallest absolute Gasteiger partial charge is 0.267 e. The molecule has 186 valence electrons. The van der Waals surface area contributed by atoms with Crippen LogP contribution in [0.25, 0.3) is 0 Å². The summed E-state index contributed by atoms with van der Waals surface area (Å²) in [6, 6.07) is 15.8. The molecule has 2 aromatic carbocycles. The average Bonchev–Trinajstić information content (AvgIpc) is 3.29. The number of aliphatic hydroxyl groups is 1. The summed E-state index contributed by atoms with van der Waals surface area (Å²) in [5, 5.41) is 12.5. The Morgan fingerprint density at radius 2 is 1.71 bits per heavy atom. The SMILES string of the molecule is CC(C)O[C@]1([C@]2(O)C(=O)N(Cc3ccccc3)[C@H]2[C@H]2COC(C)(C)O2)C(=O)N(C)c2ccccc21. The van der Waals surface area contributed by atoms with Crippen LogP contribution in [0.4, 0.5) is 5.69 Å². The minimum absolute atomic E-state index is 0.169. The van der Waals surface area contributed by atoms with Gasteiger partial charge in [-0.3, -0.25) is 9.59 Å². The molecule has 1 N–H and O–H groups in total. The predicted molar refractivity (Wildman–Crippen MR) is 128 cm³/mol. The van der Waals surface area contributed by atoms with E-state index in [4.69, 9.17) is 14.2 Å². The van der Waals surface area contributed by atoms with E-state index < -0.39 is 47.1 Å². The number of nitrogens with zero attached hydrogens (tertiary/aromatic N) is 2. The fraction of sp³-hybridized carbons (Fsp3) is 0.481. The molecule has 2 fully saturated rings. The van der Waals surface area contributed by atoms with Crippen molar-refractivity contribution in [1.29, 1.82) is 0 Å². The Labute approximate surface area is 205 Å². The highest BCUT2D eigenvalue weighted by atomic mass is 16.7. The largest absolute Gasteiger partial charge is 0.375 e. The first-order valence-electron chi connectivity index (χ1n) is 12.0. The summed E-state index contributed by atoms with van der Waals surface area (Å²) in [7, 11) is 1.63. The number of benzene rings is 2. The maximum atomic E-state index is 14.0. The lowest BCUT2D eigenvalue weighted by Crippen LogP contribution is -2.85. The molecule has 0 aliphatic carbocycles. The van der Waals surface area contributed by atoms with Gasteiger partial charge in [0, 0.05) is 19.2 Å². The van der Waals surface area contributed by atoms with Crippen LogP contribution in [-0.2, 0) is 35.9 Å². The highest BCUT2D eigenvalue weighted by Crippen LogP contribution is 2.56. The molecule has 4 atom stereocenters. The monoisotopic (exact) mass is 480 g/mol. The lowest BCUT2D eigenvalue weighted by molar-refractivity contribution is -0.273. The van der Waals surface area contributed by atoms with E-state index in [9.17, 15) is 14.7 Å². The molecule has 0 bridgehead atoms. The highest BCUT2D eigenvalue weighted by Gasteiger charge is 2.79. The maximum Gasteiger partial charge on any atom is 0.267 e. The Kier molecular flexibility index (Phi) is 5.56. The number of anilines is 1. The summed E-state index contributed by atoms with van der Waals surface area (Å²) in [5.41, 5.74) is -2.14. The Morgan fingerprint density at radius 1 is 1.06 bits per heavy atom. The lowest BCUT2D eigenvalue weighted by Gasteiger charge is -2.60. The van der Waals surface area contributed by atoms with Crippen LogP contribution >= 0.6 is 0 Å². The van der Waals surface area contributed by atoms with Crippen LogP contribution in [-0.4, -0.2) is 65.1 Å². The fourth-order valence-corrected chi connectivity index (χ4v) is 5.73. The van der Waals surface area contributed by atoms with Crippen LogP contribution in [0.15, 0.2) is 54.6 Å². The zero-order chi connectivity index (χ0) is 25.2. The van der Waals surface area contributed by atoms with Gasteiger partial charge in [0.25, 0.3) is 11.8 Å². The third-order valence-corrected chi connectivity index (χ3v) is 7.13. The Bertz CT molecular complexity index is 1150. The number of β-lactam (4-membered cyclic amide) rings is 1. The van der Waals surface area contributed by atoms with Crippen LogP contribution < -0.4 is 4.90 Å². The van der Waals surface area contributed by atoms with Crippen molar-refractivity contribution >= 4 is 17.5 Å². The number of hydrogen-bond donors (Lipinski definition) is 1. The van der Waals surface area contributed by atoms with Gasteiger partial charge < -0.3 is 29.1 Å². The van der Waals surface area contributed by atoms with E-state index in [0.717, 1.165) is 5.56 Å². The van der Waals surface area contributed by atoms with E-state index in [2.05, 4.69) is 0 Å². The van der Waals surface area contributed by atoms with Gasteiger partial charge in [-0.2, -0.15) is 0 Å². The molecular weight excluding hydrogens is 448 g/mol. The molecule has 3 aliphatic heterocycles. The van der Waals surface area contributed by atoms with E-state index in [1.165, 1.54) is 4.90 Å². The van der Waals surface area contributed by atoms with Crippen molar-refractivity contribution in [1.82, 2.24) is 4.90 Å². The normalized spacial score (nSPS) is 31.7. The summed E-state index contributed by atoms with van der Waals surface area (Å²) in [6.07, 6.45) is -1.11. The zero-order valence-electron chi connectivity index (χ0n) is 20.7. The number of rotatable bonds is 6. The summed E-state index contributed by atoms with van der Waals surface area (Å²) in [4.78, 5) is 31.0.